The van der Waals surface area contributed by atoms with E-state index in [1.807, 2.05) is 24.3 Å². The van der Waals surface area contributed by atoms with E-state index in [4.69, 9.17) is 9.84 Å². The van der Waals surface area contributed by atoms with Crippen LogP contribution in [0.3, 0.4) is 0 Å². The summed E-state index contributed by atoms with van der Waals surface area (Å²) >= 11 is 0. The molecule has 33 heavy (non-hydrogen) atoms. The number of nitrogens with zero attached hydrogens (tertiary/aromatic N) is 2. The van der Waals surface area contributed by atoms with Gasteiger partial charge in [0.2, 0.25) is 0 Å². The Bertz CT molecular complexity index is 1290. The van der Waals surface area contributed by atoms with Crippen molar-refractivity contribution in [2.24, 2.45) is 0 Å². The van der Waals surface area contributed by atoms with Gasteiger partial charge in [-0.2, -0.15) is 0 Å². The second-order valence-corrected chi connectivity index (χ2v) is 7.62. The molecule has 5 rings (SSSR count). The van der Waals surface area contributed by atoms with Crippen molar-refractivity contribution in [2.75, 3.05) is 11.9 Å². The predicted octanol–water partition coefficient (Wildman–Crippen LogP) is 5.20. The van der Waals surface area contributed by atoms with Crippen LogP contribution in [0.25, 0.3) is 22.5 Å². The number of carbonyl (C=O) groups excluding carboxylic acids is 1. The summed E-state index contributed by atoms with van der Waals surface area (Å²) < 4.78 is 5.55. The average molecular weight is 437 g/mol. The fourth-order valence-corrected chi connectivity index (χ4v) is 4.04. The smallest absolute Gasteiger partial charge is 0.411 e. The average Bonchev–Trinajstić information content (AvgIpc) is 3.17. The number of anilines is 1. The number of benzene rings is 2. The minimum atomic E-state index is -1.04. The molecule has 4 aromatic rings. The number of rotatable bonds is 5. The molecule has 0 atom stereocenters. The van der Waals surface area contributed by atoms with Crippen molar-refractivity contribution in [3.63, 3.8) is 0 Å². The molecule has 0 fully saturated rings. The Morgan fingerprint density at radius 2 is 1.42 bits per heavy atom. The zero-order chi connectivity index (χ0) is 22.8. The summed E-state index contributed by atoms with van der Waals surface area (Å²) in [5, 5.41) is 11.7. The van der Waals surface area contributed by atoms with Gasteiger partial charge in [-0.25, -0.2) is 9.59 Å². The Morgan fingerprint density at radius 3 is 1.97 bits per heavy atom. The lowest BCUT2D eigenvalue weighted by Crippen LogP contribution is -2.18. The summed E-state index contributed by atoms with van der Waals surface area (Å²) in [4.78, 5) is 31.8. The standard InChI is InChI=1S/C26H19N3O4/c30-25(31)16-9-11-23(27-13-16)24-12-10-17(14-28-24)29-26(32)33-15-22-20-7-3-1-5-18(20)19-6-2-4-8-21(19)22/h1-14,22H,15H2,(H,29,32)(H,30,31). The van der Waals surface area contributed by atoms with Gasteiger partial charge in [-0.3, -0.25) is 15.3 Å². The van der Waals surface area contributed by atoms with Gasteiger partial charge in [-0.15, -0.1) is 0 Å². The molecule has 7 heteroatoms. The van der Waals surface area contributed by atoms with Crippen molar-refractivity contribution in [1.29, 1.82) is 0 Å². The van der Waals surface area contributed by atoms with Crippen LogP contribution in [0, 0.1) is 0 Å². The Labute approximate surface area is 189 Å². The minimum absolute atomic E-state index is 0.0106. The minimum Gasteiger partial charge on any atom is -0.478 e. The third-order valence-electron chi connectivity index (χ3n) is 5.63. The fraction of sp³-hybridized carbons (Fsp3) is 0.0769. The first-order valence-corrected chi connectivity index (χ1v) is 10.4. The van der Waals surface area contributed by atoms with Gasteiger partial charge in [0.15, 0.2) is 0 Å². The summed E-state index contributed by atoms with van der Waals surface area (Å²) in [5.74, 6) is -1.05. The van der Waals surface area contributed by atoms with Crippen LogP contribution in [-0.4, -0.2) is 33.7 Å². The maximum atomic E-state index is 12.4. The summed E-state index contributed by atoms with van der Waals surface area (Å²) in [5.41, 5.74) is 6.33. The number of aromatic nitrogens is 2. The molecule has 1 amide bonds. The van der Waals surface area contributed by atoms with Crippen molar-refractivity contribution in [2.45, 2.75) is 5.92 Å². The number of amides is 1. The van der Waals surface area contributed by atoms with Gasteiger partial charge in [0.05, 0.1) is 28.8 Å². The Morgan fingerprint density at radius 1 is 0.818 bits per heavy atom. The van der Waals surface area contributed by atoms with Gasteiger partial charge in [-0.1, -0.05) is 48.5 Å². The number of hydrogen-bond acceptors (Lipinski definition) is 5. The summed E-state index contributed by atoms with van der Waals surface area (Å²) in [6.45, 7) is 0.227. The summed E-state index contributed by atoms with van der Waals surface area (Å²) in [6.07, 6.45) is 2.22. The molecule has 0 radical (unpaired) electrons. The van der Waals surface area contributed by atoms with Crippen molar-refractivity contribution in [1.82, 2.24) is 9.97 Å². The number of nitrogens with one attached hydrogen (secondary N) is 1. The third kappa shape index (κ3) is 4.04. The van der Waals surface area contributed by atoms with Crippen LogP contribution >= 0.6 is 0 Å². The number of hydrogen-bond donors (Lipinski definition) is 2. The Hall–Kier alpha value is -4.52. The number of aromatic carboxylic acids is 1. The molecule has 0 bridgehead atoms. The highest BCUT2D eigenvalue weighted by atomic mass is 16.5. The Balaban J connectivity index is 1.23. The molecule has 0 spiro atoms. The van der Waals surface area contributed by atoms with Gasteiger partial charge in [-0.05, 0) is 46.5 Å². The first-order chi connectivity index (χ1) is 16.1. The second kappa shape index (κ2) is 8.55. The van der Waals surface area contributed by atoms with Gasteiger partial charge in [0, 0.05) is 12.1 Å². The lowest BCUT2D eigenvalue weighted by molar-refractivity contribution is 0.0696. The van der Waals surface area contributed by atoms with Gasteiger partial charge in [0.1, 0.15) is 6.61 Å². The molecule has 1 aliphatic carbocycles. The molecule has 2 heterocycles. The topological polar surface area (TPSA) is 101 Å². The lowest BCUT2D eigenvalue weighted by atomic mass is 9.98. The quantitative estimate of drug-likeness (QED) is 0.445. The van der Waals surface area contributed by atoms with Crippen molar-refractivity contribution in [3.05, 3.63) is 102 Å². The number of carboxylic acids is 1. The molecular weight excluding hydrogens is 418 g/mol. The van der Waals surface area contributed by atoms with Gasteiger partial charge in [0.25, 0.3) is 0 Å². The van der Waals surface area contributed by atoms with E-state index in [0.717, 1.165) is 11.1 Å². The van der Waals surface area contributed by atoms with Crippen LogP contribution in [0.1, 0.15) is 27.4 Å². The number of fused-ring (bicyclic) bond motifs is 3. The van der Waals surface area contributed by atoms with E-state index >= 15 is 0 Å². The monoisotopic (exact) mass is 437 g/mol. The maximum absolute atomic E-state index is 12.4. The number of carbonyl (C=O) groups is 2. The van der Waals surface area contributed by atoms with Crippen LogP contribution in [0.4, 0.5) is 10.5 Å². The molecule has 162 valence electrons. The highest BCUT2D eigenvalue weighted by Gasteiger charge is 2.29. The van der Waals surface area contributed by atoms with Crippen molar-refractivity contribution >= 4 is 17.7 Å². The zero-order valence-electron chi connectivity index (χ0n) is 17.4. The molecule has 0 saturated carbocycles. The van der Waals surface area contributed by atoms with Crippen LogP contribution in [0.5, 0.6) is 0 Å². The second-order valence-electron chi connectivity index (χ2n) is 7.62. The zero-order valence-corrected chi connectivity index (χ0v) is 17.4. The number of ether oxygens (including phenoxy) is 1. The largest absolute Gasteiger partial charge is 0.478 e. The molecule has 0 unspecified atom stereocenters. The van der Waals surface area contributed by atoms with Crippen LogP contribution < -0.4 is 5.32 Å². The molecule has 2 aromatic carbocycles. The molecule has 0 saturated heterocycles. The van der Waals surface area contributed by atoms with E-state index in [2.05, 4.69) is 39.6 Å². The molecule has 1 aliphatic rings. The number of carboxylic acid groups (broad SMARTS) is 1. The van der Waals surface area contributed by atoms with E-state index < -0.39 is 12.1 Å². The normalized spacial score (nSPS) is 12.0. The molecule has 2 aromatic heterocycles. The van der Waals surface area contributed by atoms with Crippen molar-refractivity contribution < 1.29 is 19.4 Å². The highest BCUT2D eigenvalue weighted by molar-refractivity contribution is 5.87. The van der Waals surface area contributed by atoms with E-state index in [-0.39, 0.29) is 18.1 Å². The van der Waals surface area contributed by atoms with E-state index in [0.29, 0.717) is 17.1 Å². The van der Waals surface area contributed by atoms with Crippen LogP contribution in [0.2, 0.25) is 0 Å². The number of pyridine rings is 2. The van der Waals surface area contributed by atoms with E-state index in [1.165, 1.54) is 29.6 Å². The maximum Gasteiger partial charge on any atom is 0.411 e. The Kier molecular flexibility index (Phi) is 5.28. The highest BCUT2D eigenvalue weighted by Crippen LogP contribution is 2.44. The third-order valence-corrected chi connectivity index (χ3v) is 5.63. The summed E-state index contributed by atoms with van der Waals surface area (Å²) in [7, 11) is 0. The predicted molar refractivity (Wildman–Crippen MR) is 123 cm³/mol. The molecule has 0 aliphatic heterocycles. The summed E-state index contributed by atoms with van der Waals surface area (Å²) in [6, 6.07) is 22.8. The van der Waals surface area contributed by atoms with Gasteiger partial charge < -0.3 is 9.84 Å². The van der Waals surface area contributed by atoms with E-state index in [1.54, 1.807) is 18.2 Å². The van der Waals surface area contributed by atoms with Crippen LogP contribution in [-0.2, 0) is 4.74 Å². The van der Waals surface area contributed by atoms with Crippen LogP contribution in [0.15, 0.2) is 85.2 Å². The molecule has 7 nitrogen and oxygen atoms in total. The SMILES string of the molecule is O=C(Nc1ccc(-c2ccc(C(=O)O)cn2)nc1)OCC1c2ccccc2-c2ccccc21. The lowest BCUT2D eigenvalue weighted by Gasteiger charge is -2.14. The van der Waals surface area contributed by atoms with Crippen molar-refractivity contribution in [3.8, 4) is 22.5 Å². The first kappa shape index (κ1) is 20.4. The van der Waals surface area contributed by atoms with E-state index in [9.17, 15) is 9.59 Å². The molecular formula is C26H19N3O4. The molecule has 2 N–H and O–H groups in total. The fourth-order valence-electron chi connectivity index (χ4n) is 4.04. The first-order valence-electron chi connectivity index (χ1n) is 10.4. The van der Waals surface area contributed by atoms with Gasteiger partial charge >= 0.3 is 12.1 Å².